The molecule has 1 aromatic carbocycles. The van der Waals surface area contributed by atoms with Crippen molar-refractivity contribution in [2.45, 2.75) is 6.10 Å². The Morgan fingerprint density at radius 1 is 1.38 bits per heavy atom. The summed E-state index contributed by atoms with van der Waals surface area (Å²) in [6.45, 7) is 0.200. The molecule has 0 aliphatic heterocycles. The van der Waals surface area contributed by atoms with Crippen molar-refractivity contribution in [2.75, 3.05) is 6.54 Å². The lowest BCUT2D eigenvalue weighted by Gasteiger charge is -2.06. The molecular weight excluding hydrogens is 188 g/mol. The molecule has 1 unspecified atom stereocenters. The fourth-order valence-corrected chi connectivity index (χ4v) is 0.916. The number of nitrogens with zero attached hydrogens (tertiary/aromatic N) is 1. The van der Waals surface area contributed by atoms with Crippen LogP contribution in [0.3, 0.4) is 0 Å². The number of aliphatic hydroxyl groups is 1. The fourth-order valence-electron chi connectivity index (χ4n) is 0.916. The van der Waals surface area contributed by atoms with Gasteiger partial charge in [0.1, 0.15) is 0 Å². The summed E-state index contributed by atoms with van der Waals surface area (Å²) in [7, 11) is 0. The Morgan fingerprint density at radius 3 is 2.31 bits per heavy atom. The highest BCUT2D eigenvalue weighted by Gasteiger charge is 2.03. The van der Waals surface area contributed by atoms with Crippen LogP contribution in [0.4, 0.5) is 0 Å². The summed E-state index contributed by atoms with van der Waals surface area (Å²) in [6.07, 6.45) is -0.627. The van der Waals surface area contributed by atoms with Crippen molar-refractivity contribution in [3.8, 4) is 6.07 Å². The highest BCUT2D eigenvalue weighted by molar-refractivity contribution is 5.85. The van der Waals surface area contributed by atoms with Crippen LogP contribution in [0.25, 0.3) is 0 Å². The zero-order valence-electron chi connectivity index (χ0n) is 6.97. The van der Waals surface area contributed by atoms with Gasteiger partial charge in [-0.25, -0.2) is 0 Å². The summed E-state index contributed by atoms with van der Waals surface area (Å²) in [5, 5.41) is 17.8. The molecule has 1 rings (SSSR count). The molecule has 0 radical (unpaired) electrons. The lowest BCUT2D eigenvalue weighted by atomic mass is 10.1. The second-order valence-electron chi connectivity index (χ2n) is 2.49. The molecule has 0 saturated heterocycles. The minimum absolute atomic E-state index is 0. The maximum Gasteiger partial charge on any atom is 0.0991 e. The average molecular weight is 199 g/mol. The number of hydrogen-bond donors (Lipinski definition) is 2. The number of halogens is 1. The molecule has 3 nitrogen and oxygen atoms in total. The topological polar surface area (TPSA) is 70.0 Å². The van der Waals surface area contributed by atoms with E-state index in [9.17, 15) is 5.11 Å². The third-order valence-electron chi connectivity index (χ3n) is 1.65. The van der Waals surface area contributed by atoms with Crippen molar-refractivity contribution in [2.24, 2.45) is 5.73 Å². The van der Waals surface area contributed by atoms with Crippen LogP contribution in [0.2, 0.25) is 0 Å². The minimum atomic E-state index is -0.627. The first-order valence-electron chi connectivity index (χ1n) is 3.66. The summed E-state index contributed by atoms with van der Waals surface area (Å²) < 4.78 is 0. The lowest BCUT2D eigenvalue weighted by Crippen LogP contribution is -2.11. The molecule has 0 bridgehead atoms. The monoisotopic (exact) mass is 198 g/mol. The molecule has 0 saturated carbocycles. The van der Waals surface area contributed by atoms with E-state index in [0.29, 0.717) is 5.56 Å². The van der Waals surface area contributed by atoms with Gasteiger partial charge in [-0.05, 0) is 17.7 Å². The third-order valence-corrected chi connectivity index (χ3v) is 1.65. The molecule has 70 valence electrons. The second kappa shape index (κ2) is 5.55. The van der Waals surface area contributed by atoms with Crippen LogP contribution in [-0.4, -0.2) is 11.7 Å². The summed E-state index contributed by atoms with van der Waals surface area (Å²) in [5.74, 6) is 0. The van der Waals surface area contributed by atoms with Crippen LogP contribution in [0, 0.1) is 11.3 Å². The maximum absolute atomic E-state index is 9.28. The van der Waals surface area contributed by atoms with Crippen molar-refractivity contribution in [3.63, 3.8) is 0 Å². The Bertz CT molecular complexity index is 291. The van der Waals surface area contributed by atoms with E-state index in [4.69, 9.17) is 11.0 Å². The van der Waals surface area contributed by atoms with Gasteiger partial charge in [0.05, 0.1) is 17.7 Å². The molecule has 0 spiro atoms. The minimum Gasteiger partial charge on any atom is -0.387 e. The number of rotatable bonds is 2. The molecule has 3 N–H and O–H groups in total. The van der Waals surface area contributed by atoms with E-state index < -0.39 is 6.10 Å². The van der Waals surface area contributed by atoms with Crippen LogP contribution in [0.5, 0.6) is 0 Å². The van der Waals surface area contributed by atoms with Crippen LogP contribution < -0.4 is 5.73 Å². The molecular formula is C9H11ClN2O. The zero-order chi connectivity index (χ0) is 8.97. The van der Waals surface area contributed by atoms with Gasteiger partial charge in [0.25, 0.3) is 0 Å². The van der Waals surface area contributed by atoms with Crippen LogP contribution in [-0.2, 0) is 0 Å². The summed E-state index contributed by atoms with van der Waals surface area (Å²) in [4.78, 5) is 0. The van der Waals surface area contributed by atoms with E-state index >= 15 is 0 Å². The highest BCUT2D eigenvalue weighted by atomic mass is 35.5. The van der Waals surface area contributed by atoms with Gasteiger partial charge in [0.2, 0.25) is 0 Å². The largest absolute Gasteiger partial charge is 0.387 e. The Kier molecular flexibility index (Phi) is 5.09. The molecule has 13 heavy (non-hydrogen) atoms. The third kappa shape index (κ3) is 3.03. The maximum atomic E-state index is 9.28. The number of hydrogen-bond acceptors (Lipinski definition) is 3. The smallest absolute Gasteiger partial charge is 0.0991 e. The number of benzene rings is 1. The van der Waals surface area contributed by atoms with Gasteiger partial charge in [-0.3, -0.25) is 0 Å². The predicted octanol–water partition coefficient (Wildman–Crippen LogP) is 0.972. The van der Waals surface area contributed by atoms with Gasteiger partial charge in [-0.1, -0.05) is 12.1 Å². The van der Waals surface area contributed by atoms with Gasteiger partial charge < -0.3 is 10.8 Å². The van der Waals surface area contributed by atoms with Crippen molar-refractivity contribution >= 4 is 12.4 Å². The summed E-state index contributed by atoms with van der Waals surface area (Å²) in [5.41, 5.74) is 6.59. The number of nitriles is 1. The van der Waals surface area contributed by atoms with Crippen LogP contribution in [0.15, 0.2) is 24.3 Å². The van der Waals surface area contributed by atoms with E-state index in [-0.39, 0.29) is 19.0 Å². The first-order valence-corrected chi connectivity index (χ1v) is 3.66. The van der Waals surface area contributed by atoms with Crippen molar-refractivity contribution < 1.29 is 5.11 Å². The van der Waals surface area contributed by atoms with E-state index in [1.165, 1.54) is 0 Å². The lowest BCUT2D eigenvalue weighted by molar-refractivity contribution is 0.187. The van der Waals surface area contributed by atoms with Crippen LogP contribution in [0.1, 0.15) is 17.2 Å². The van der Waals surface area contributed by atoms with E-state index in [2.05, 4.69) is 0 Å². The van der Waals surface area contributed by atoms with Gasteiger partial charge in [0, 0.05) is 6.54 Å². The Morgan fingerprint density at radius 2 is 1.92 bits per heavy atom. The molecule has 0 amide bonds. The second-order valence-corrected chi connectivity index (χ2v) is 2.49. The van der Waals surface area contributed by atoms with Crippen molar-refractivity contribution in [1.29, 1.82) is 5.26 Å². The molecule has 0 aliphatic rings. The first kappa shape index (κ1) is 11.9. The Labute approximate surface area is 83.2 Å². The first-order chi connectivity index (χ1) is 5.77. The van der Waals surface area contributed by atoms with Crippen molar-refractivity contribution in [3.05, 3.63) is 35.4 Å². The van der Waals surface area contributed by atoms with Crippen LogP contribution >= 0.6 is 12.4 Å². The Hall–Kier alpha value is -1.08. The van der Waals surface area contributed by atoms with Gasteiger partial charge in [-0.15, -0.1) is 12.4 Å². The van der Waals surface area contributed by atoms with E-state index in [1.54, 1.807) is 24.3 Å². The standard InChI is InChI=1S/C9H10N2O.ClH/c10-5-7-1-3-8(4-2-7)9(12)6-11;/h1-4,9,12H,6,11H2;1H. The summed E-state index contributed by atoms with van der Waals surface area (Å²) in [6, 6.07) is 8.73. The highest BCUT2D eigenvalue weighted by Crippen LogP contribution is 2.11. The van der Waals surface area contributed by atoms with E-state index in [0.717, 1.165) is 5.56 Å². The molecule has 0 aromatic heterocycles. The van der Waals surface area contributed by atoms with E-state index in [1.807, 2.05) is 6.07 Å². The normalized spacial score (nSPS) is 11.2. The SMILES string of the molecule is Cl.N#Cc1ccc(C(O)CN)cc1. The quantitative estimate of drug-likeness (QED) is 0.744. The fraction of sp³-hybridized carbons (Fsp3) is 0.222. The van der Waals surface area contributed by atoms with Gasteiger partial charge in [0.15, 0.2) is 0 Å². The molecule has 1 aromatic rings. The van der Waals surface area contributed by atoms with Gasteiger partial charge in [-0.2, -0.15) is 5.26 Å². The Balaban J connectivity index is 0.00000144. The van der Waals surface area contributed by atoms with Gasteiger partial charge >= 0.3 is 0 Å². The number of aliphatic hydroxyl groups excluding tert-OH is 1. The molecule has 4 heteroatoms. The average Bonchev–Trinajstić information content (AvgIpc) is 2.17. The van der Waals surface area contributed by atoms with Crippen molar-refractivity contribution in [1.82, 2.24) is 0 Å². The summed E-state index contributed by atoms with van der Waals surface area (Å²) >= 11 is 0. The zero-order valence-corrected chi connectivity index (χ0v) is 7.79. The molecule has 0 fully saturated rings. The number of nitrogens with two attached hydrogens (primary N) is 1. The predicted molar refractivity (Wildman–Crippen MR) is 52.4 cm³/mol. The molecule has 0 heterocycles. The molecule has 1 atom stereocenters. The molecule has 0 aliphatic carbocycles.